The van der Waals surface area contributed by atoms with Gasteiger partial charge in [-0.05, 0) is 84.6 Å². The summed E-state index contributed by atoms with van der Waals surface area (Å²) in [6.45, 7) is 7.71. The van der Waals surface area contributed by atoms with Crippen molar-refractivity contribution in [2.45, 2.75) is 38.0 Å². The fraction of sp³-hybridized carbons (Fsp3) is 0.212. The molecule has 4 aromatic rings. The first kappa shape index (κ1) is 30.3. The number of hydrogen-bond acceptors (Lipinski definition) is 5. The Labute approximate surface area is 247 Å². The molecular weight excluding hydrogens is 550 g/mol. The molecule has 42 heavy (non-hydrogen) atoms. The minimum absolute atomic E-state index is 0.0238. The zero-order chi connectivity index (χ0) is 30.5. The topological polar surface area (TPSA) is 105 Å². The third-order valence-corrected chi connectivity index (χ3v) is 8.46. The van der Waals surface area contributed by atoms with Crippen molar-refractivity contribution in [3.8, 4) is 5.75 Å². The lowest BCUT2D eigenvalue weighted by Crippen LogP contribution is -2.38. The van der Waals surface area contributed by atoms with Crippen LogP contribution in [-0.4, -0.2) is 33.9 Å². The number of benzene rings is 4. The van der Waals surface area contributed by atoms with Gasteiger partial charge in [-0.15, -0.1) is 0 Å². The van der Waals surface area contributed by atoms with E-state index >= 15 is 0 Å². The molecule has 0 heterocycles. The van der Waals surface area contributed by atoms with Gasteiger partial charge in [0.25, 0.3) is 15.9 Å². The smallest absolute Gasteiger partial charge is 0.264 e. The van der Waals surface area contributed by atoms with Crippen LogP contribution < -0.4 is 19.7 Å². The number of methoxy groups -OCH3 is 1. The largest absolute Gasteiger partial charge is 0.497 e. The Morgan fingerprint density at radius 3 is 1.98 bits per heavy atom. The molecule has 2 N–H and O–H groups in total. The molecule has 0 saturated carbocycles. The van der Waals surface area contributed by atoms with Gasteiger partial charge in [-0.1, -0.05) is 56.7 Å². The lowest BCUT2D eigenvalue weighted by molar-refractivity contribution is -0.114. The van der Waals surface area contributed by atoms with Crippen molar-refractivity contribution in [2.24, 2.45) is 0 Å². The highest BCUT2D eigenvalue weighted by atomic mass is 32.2. The summed E-state index contributed by atoms with van der Waals surface area (Å²) in [5, 5.41) is 5.60. The van der Waals surface area contributed by atoms with Gasteiger partial charge in [-0.3, -0.25) is 13.9 Å². The number of carbonyl (C=O) groups is 2. The highest BCUT2D eigenvalue weighted by Crippen LogP contribution is 2.27. The van der Waals surface area contributed by atoms with Crippen molar-refractivity contribution in [1.29, 1.82) is 0 Å². The summed E-state index contributed by atoms with van der Waals surface area (Å²) in [5.41, 5.74) is 3.72. The van der Waals surface area contributed by atoms with Crippen LogP contribution in [0, 0.1) is 6.92 Å². The molecule has 0 aromatic heterocycles. The van der Waals surface area contributed by atoms with E-state index in [9.17, 15) is 18.0 Å². The van der Waals surface area contributed by atoms with E-state index in [1.807, 2.05) is 19.1 Å². The molecule has 2 amide bonds. The maximum atomic E-state index is 13.6. The summed E-state index contributed by atoms with van der Waals surface area (Å²) < 4.78 is 33.5. The molecule has 8 nitrogen and oxygen atoms in total. The summed E-state index contributed by atoms with van der Waals surface area (Å²) in [7, 11) is -2.55. The quantitative estimate of drug-likeness (QED) is 0.237. The second-order valence-corrected chi connectivity index (χ2v) is 12.8. The molecule has 0 atom stereocenters. The maximum Gasteiger partial charge on any atom is 0.264 e. The average molecular weight is 586 g/mol. The molecular formula is C33H35N3O5S. The Morgan fingerprint density at radius 1 is 0.810 bits per heavy atom. The molecule has 0 fully saturated rings. The van der Waals surface area contributed by atoms with Crippen LogP contribution >= 0.6 is 0 Å². The van der Waals surface area contributed by atoms with Crippen LogP contribution in [0.15, 0.2) is 102 Å². The summed E-state index contributed by atoms with van der Waals surface area (Å²) in [6, 6.07) is 27.0. The standard InChI is InChI=1S/C33H35N3O5S/c1-23-9-19-30(20-10-23)42(39,40)36(28-15-17-29(41-5)18-16-28)22-31(37)34-26-7-6-8-27(21-26)35-32(38)24-11-13-25(14-12-24)33(2,3)4/h6-21H,22H2,1-5H3,(H,34,37)(H,35,38). The van der Waals surface area contributed by atoms with Crippen molar-refractivity contribution >= 4 is 38.9 Å². The van der Waals surface area contributed by atoms with E-state index in [1.54, 1.807) is 72.8 Å². The second-order valence-electron chi connectivity index (χ2n) is 10.9. The molecule has 4 aromatic carbocycles. The fourth-order valence-corrected chi connectivity index (χ4v) is 5.65. The van der Waals surface area contributed by atoms with Gasteiger partial charge in [0.05, 0.1) is 17.7 Å². The molecule has 0 saturated heterocycles. The Bertz CT molecular complexity index is 1660. The first-order valence-corrected chi connectivity index (χ1v) is 14.9. The molecule has 4 rings (SSSR count). The predicted octanol–water partition coefficient (Wildman–Crippen LogP) is 6.39. The third kappa shape index (κ3) is 7.36. The number of amides is 2. The van der Waals surface area contributed by atoms with E-state index < -0.39 is 22.5 Å². The van der Waals surface area contributed by atoms with Crippen LogP contribution in [-0.2, 0) is 20.2 Å². The lowest BCUT2D eigenvalue weighted by atomic mass is 9.87. The van der Waals surface area contributed by atoms with Crippen molar-refractivity contribution < 1.29 is 22.7 Å². The molecule has 9 heteroatoms. The SMILES string of the molecule is COc1ccc(N(CC(=O)Nc2cccc(NC(=O)c3ccc(C(C)(C)C)cc3)c2)S(=O)(=O)c2ccc(C)cc2)cc1. The Balaban J connectivity index is 1.51. The van der Waals surface area contributed by atoms with Gasteiger partial charge in [0.15, 0.2) is 0 Å². The average Bonchev–Trinajstić information content (AvgIpc) is 2.96. The molecule has 0 aliphatic rings. The Hall–Kier alpha value is -4.63. The van der Waals surface area contributed by atoms with E-state index in [4.69, 9.17) is 4.74 Å². The molecule has 0 spiro atoms. The number of aryl methyl sites for hydroxylation is 1. The van der Waals surface area contributed by atoms with Crippen molar-refractivity contribution in [1.82, 2.24) is 0 Å². The zero-order valence-electron chi connectivity index (χ0n) is 24.3. The van der Waals surface area contributed by atoms with E-state index in [-0.39, 0.29) is 16.2 Å². The monoisotopic (exact) mass is 585 g/mol. The molecule has 0 aliphatic carbocycles. The highest BCUT2D eigenvalue weighted by molar-refractivity contribution is 7.92. The van der Waals surface area contributed by atoms with Gasteiger partial charge in [0.1, 0.15) is 12.3 Å². The van der Waals surface area contributed by atoms with Crippen LogP contribution in [0.2, 0.25) is 0 Å². The molecule has 0 radical (unpaired) electrons. The van der Waals surface area contributed by atoms with Gasteiger partial charge in [0, 0.05) is 16.9 Å². The number of nitrogens with one attached hydrogen (secondary N) is 2. The van der Waals surface area contributed by atoms with E-state index in [0.717, 1.165) is 15.4 Å². The van der Waals surface area contributed by atoms with Crippen LogP contribution in [0.25, 0.3) is 0 Å². The van der Waals surface area contributed by atoms with E-state index in [0.29, 0.717) is 28.4 Å². The van der Waals surface area contributed by atoms with Gasteiger partial charge in [-0.2, -0.15) is 0 Å². The van der Waals surface area contributed by atoms with Crippen LogP contribution in [0.1, 0.15) is 42.3 Å². The van der Waals surface area contributed by atoms with E-state index in [2.05, 4.69) is 31.4 Å². The zero-order valence-corrected chi connectivity index (χ0v) is 25.2. The predicted molar refractivity (Wildman–Crippen MR) is 167 cm³/mol. The van der Waals surface area contributed by atoms with Crippen molar-refractivity contribution in [3.63, 3.8) is 0 Å². The second kappa shape index (κ2) is 12.5. The third-order valence-electron chi connectivity index (χ3n) is 6.67. The number of nitrogens with zero attached hydrogens (tertiary/aromatic N) is 1. The lowest BCUT2D eigenvalue weighted by Gasteiger charge is -2.24. The molecule has 0 unspecified atom stereocenters. The van der Waals surface area contributed by atoms with Gasteiger partial charge in [-0.25, -0.2) is 8.42 Å². The maximum absolute atomic E-state index is 13.6. The Morgan fingerprint density at radius 2 is 1.40 bits per heavy atom. The summed E-state index contributed by atoms with van der Waals surface area (Å²) in [4.78, 5) is 26.1. The van der Waals surface area contributed by atoms with E-state index in [1.165, 1.54) is 19.2 Å². The minimum Gasteiger partial charge on any atom is -0.497 e. The summed E-state index contributed by atoms with van der Waals surface area (Å²) in [5.74, 6) is -0.281. The summed E-state index contributed by atoms with van der Waals surface area (Å²) in [6.07, 6.45) is 0. The molecule has 0 aliphatic heterocycles. The number of hydrogen-bond donors (Lipinski definition) is 2. The normalized spacial score (nSPS) is 11.5. The van der Waals surface area contributed by atoms with Crippen LogP contribution in [0.4, 0.5) is 17.1 Å². The first-order chi connectivity index (χ1) is 19.9. The number of carbonyl (C=O) groups excluding carboxylic acids is 2. The fourth-order valence-electron chi connectivity index (χ4n) is 4.23. The Kier molecular flexibility index (Phi) is 9.02. The van der Waals surface area contributed by atoms with Crippen molar-refractivity contribution in [2.75, 3.05) is 28.6 Å². The van der Waals surface area contributed by atoms with Gasteiger partial charge < -0.3 is 15.4 Å². The van der Waals surface area contributed by atoms with Gasteiger partial charge >= 0.3 is 0 Å². The molecule has 0 bridgehead atoms. The summed E-state index contributed by atoms with van der Waals surface area (Å²) >= 11 is 0. The number of rotatable bonds is 9. The number of sulfonamides is 1. The van der Waals surface area contributed by atoms with Crippen LogP contribution in [0.5, 0.6) is 5.75 Å². The number of ether oxygens (including phenoxy) is 1. The molecule has 218 valence electrons. The highest BCUT2D eigenvalue weighted by Gasteiger charge is 2.27. The number of anilines is 3. The van der Waals surface area contributed by atoms with Gasteiger partial charge in [0.2, 0.25) is 5.91 Å². The first-order valence-electron chi connectivity index (χ1n) is 13.4. The van der Waals surface area contributed by atoms with Crippen LogP contribution in [0.3, 0.4) is 0 Å². The van der Waals surface area contributed by atoms with Crippen molar-refractivity contribution in [3.05, 3.63) is 114 Å². The minimum atomic E-state index is -4.07.